The van der Waals surface area contributed by atoms with Crippen LogP contribution in [0.25, 0.3) is 11.3 Å². The van der Waals surface area contributed by atoms with E-state index in [1.165, 1.54) is 0 Å². The van der Waals surface area contributed by atoms with Crippen LogP contribution in [0, 0.1) is 17.8 Å². The predicted molar refractivity (Wildman–Crippen MR) is 125 cm³/mol. The number of ether oxygens (including phenoxy) is 1. The highest BCUT2D eigenvalue weighted by Crippen LogP contribution is 2.42. The number of likely N-dealkylation sites (tertiary alicyclic amines) is 1. The lowest BCUT2D eigenvalue weighted by Crippen LogP contribution is -2.32. The lowest BCUT2D eigenvalue weighted by Gasteiger charge is -2.28. The maximum absolute atomic E-state index is 14.0. The Morgan fingerprint density at radius 3 is 2.44 bits per heavy atom. The molecule has 3 fully saturated rings. The lowest BCUT2D eigenvalue weighted by molar-refractivity contribution is -0.137. The summed E-state index contributed by atoms with van der Waals surface area (Å²) in [6.45, 7) is 6.92. The fourth-order valence-electron chi connectivity index (χ4n) is 6.08. The van der Waals surface area contributed by atoms with Crippen LogP contribution in [0.2, 0.25) is 0 Å². The van der Waals surface area contributed by atoms with E-state index in [0.717, 1.165) is 76.6 Å². The van der Waals surface area contributed by atoms with Crippen LogP contribution < -0.4 is 5.32 Å². The average molecular weight is 475 g/mol. The van der Waals surface area contributed by atoms with Crippen LogP contribution >= 0.6 is 0 Å². The van der Waals surface area contributed by atoms with Gasteiger partial charge in [0.2, 0.25) is 0 Å². The van der Waals surface area contributed by atoms with Crippen molar-refractivity contribution in [2.75, 3.05) is 38.2 Å². The number of rotatable bonds is 6. The van der Waals surface area contributed by atoms with Crippen LogP contribution in [-0.2, 0) is 17.3 Å². The zero-order valence-corrected chi connectivity index (χ0v) is 19.7. The summed E-state index contributed by atoms with van der Waals surface area (Å²) in [4.78, 5) is 2.56. The van der Waals surface area contributed by atoms with Gasteiger partial charge in [0, 0.05) is 44.5 Å². The van der Waals surface area contributed by atoms with Gasteiger partial charge in [0.15, 0.2) is 5.82 Å². The molecule has 8 heteroatoms. The summed E-state index contributed by atoms with van der Waals surface area (Å²) < 4.78 is 47.4. The van der Waals surface area contributed by atoms with Gasteiger partial charge < -0.3 is 15.0 Å². The summed E-state index contributed by atoms with van der Waals surface area (Å²) in [6, 6.07) is 8.58. The summed E-state index contributed by atoms with van der Waals surface area (Å²) in [5.74, 6) is 1.64. The molecule has 3 aliphatic rings. The van der Waals surface area contributed by atoms with Gasteiger partial charge in [-0.15, -0.1) is 10.2 Å². The number of aryl methyl sites for hydroxylation is 1. The summed E-state index contributed by atoms with van der Waals surface area (Å²) in [5, 5.41) is 11.4. The number of halogens is 3. The minimum absolute atomic E-state index is 0.00408. The summed E-state index contributed by atoms with van der Waals surface area (Å²) in [6.07, 6.45) is 0.253. The molecule has 0 amide bonds. The molecule has 5 nitrogen and oxygen atoms in total. The molecule has 1 saturated carbocycles. The first-order valence-corrected chi connectivity index (χ1v) is 12.5. The Kier molecular flexibility index (Phi) is 6.80. The second-order valence-electron chi connectivity index (χ2n) is 10.1. The Hall–Kier alpha value is -2.19. The highest BCUT2D eigenvalue weighted by molar-refractivity contribution is 5.66. The van der Waals surface area contributed by atoms with Gasteiger partial charge in [0.05, 0.1) is 5.69 Å². The lowest BCUT2D eigenvalue weighted by atomic mass is 10.00. The van der Waals surface area contributed by atoms with Crippen LogP contribution in [0.15, 0.2) is 30.3 Å². The van der Waals surface area contributed by atoms with E-state index >= 15 is 0 Å². The monoisotopic (exact) mass is 474 g/mol. The van der Waals surface area contributed by atoms with Crippen molar-refractivity contribution >= 4 is 5.82 Å². The minimum atomic E-state index is -4.50. The van der Waals surface area contributed by atoms with Crippen molar-refractivity contribution < 1.29 is 17.9 Å². The van der Waals surface area contributed by atoms with E-state index in [9.17, 15) is 13.2 Å². The zero-order valence-electron chi connectivity index (χ0n) is 19.7. The summed E-state index contributed by atoms with van der Waals surface area (Å²) in [7, 11) is 0. The molecular weight excluding hydrogens is 441 g/mol. The number of benzene rings is 1. The molecule has 3 atom stereocenters. The first kappa shape index (κ1) is 23.5. The van der Waals surface area contributed by atoms with Gasteiger partial charge in [0.25, 0.3) is 0 Å². The molecule has 3 heterocycles. The quantitative estimate of drug-likeness (QED) is 0.618. The molecule has 1 aromatic heterocycles. The third kappa shape index (κ3) is 5.08. The molecule has 2 saturated heterocycles. The largest absolute Gasteiger partial charge is 0.420 e. The van der Waals surface area contributed by atoms with E-state index in [4.69, 9.17) is 4.74 Å². The van der Waals surface area contributed by atoms with Crippen molar-refractivity contribution in [3.05, 3.63) is 41.5 Å². The number of aromatic nitrogens is 2. The Balaban J connectivity index is 1.26. The van der Waals surface area contributed by atoms with E-state index in [-0.39, 0.29) is 17.6 Å². The average Bonchev–Trinajstić information content (AvgIpc) is 3.37. The number of hydrogen-bond acceptors (Lipinski definition) is 5. The fourth-order valence-corrected chi connectivity index (χ4v) is 6.08. The van der Waals surface area contributed by atoms with E-state index in [1.54, 1.807) is 6.07 Å². The SMILES string of the molecule is CCc1ccccc1-c1cc(C(F)(F)F)c(N[C@H]2C[C@@H]3CN(CC4CCOCC4)C[C@@H]3C2)nn1. The Morgan fingerprint density at radius 1 is 1.06 bits per heavy atom. The van der Waals surface area contributed by atoms with Gasteiger partial charge in [-0.25, -0.2) is 0 Å². The minimum Gasteiger partial charge on any atom is -0.381 e. The first-order chi connectivity index (χ1) is 16.4. The molecule has 34 heavy (non-hydrogen) atoms. The standard InChI is InChI=1S/C26H33F3N4O/c1-2-18-5-3-4-6-22(18)24-13-23(26(27,28)29)25(32-31-24)30-21-11-19-15-33(16-20(19)12-21)14-17-7-9-34-10-8-17/h3-6,13,17,19-21H,2,7-12,14-16H2,1H3,(H,30,32)/t19-,20+,21+. The van der Waals surface area contributed by atoms with E-state index < -0.39 is 11.7 Å². The number of hydrogen-bond donors (Lipinski definition) is 1. The number of fused-ring (bicyclic) bond motifs is 1. The smallest absolute Gasteiger partial charge is 0.381 e. The molecule has 0 radical (unpaired) electrons. The van der Waals surface area contributed by atoms with Crippen LogP contribution in [-0.4, -0.2) is 54.0 Å². The Labute approximate surface area is 199 Å². The van der Waals surface area contributed by atoms with Crippen LogP contribution in [0.3, 0.4) is 0 Å². The van der Waals surface area contributed by atoms with Gasteiger partial charge in [-0.2, -0.15) is 13.2 Å². The van der Waals surface area contributed by atoms with Crippen molar-refractivity contribution in [1.29, 1.82) is 0 Å². The van der Waals surface area contributed by atoms with Gasteiger partial charge >= 0.3 is 6.18 Å². The molecule has 184 valence electrons. The molecule has 5 rings (SSSR count). The number of anilines is 1. The molecular formula is C26H33F3N4O. The normalized spacial score (nSPS) is 26.1. The van der Waals surface area contributed by atoms with E-state index in [0.29, 0.717) is 23.3 Å². The molecule has 1 aromatic carbocycles. The van der Waals surface area contributed by atoms with Crippen LogP contribution in [0.1, 0.15) is 43.7 Å². The molecule has 2 aromatic rings. The van der Waals surface area contributed by atoms with Crippen molar-refractivity contribution in [2.45, 2.75) is 51.2 Å². The Morgan fingerprint density at radius 2 is 1.76 bits per heavy atom. The maximum Gasteiger partial charge on any atom is 0.420 e. The first-order valence-electron chi connectivity index (χ1n) is 12.5. The topological polar surface area (TPSA) is 50.3 Å². The van der Waals surface area contributed by atoms with E-state index in [1.807, 2.05) is 25.1 Å². The van der Waals surface area contributed by atoms with Crippen LogP contribution in [0.5, 0.6) is 0 Å². The maximum atomic E-state index is 14.0. The second kappa shape index (κ2) is 9.82. The molecule has 2 aliphatic heterocycles. The highest BCUT2D eigenvalue weighted by atomic mass is 19.4. The number of nitrogens with zero attached hydrogens (tertiary/aromatic N) is 3. The van der Waals surface area contributed by atoms with Gasteiger partial charge in [-0.1, -0.05) is 31.2 Å². The summed E-state index contributed by atoms with van der Waals surface area (Å²) >= 11 is 0. The second-order valence-corrected chi connectivity index (χ2v) is 10.1. The van der Waals surface area contributed by atoms with Gasteiger partial charge in [0.1, 0.15) is 5.56 Å². The van der Waals surface area contributed by atoms with Crippen molar-refractivity contribution in [3.63, 3.8) is 0 Å². The van der Waals surface area contributed by atoms with Crippen molar-refractivity contribution in [3.8, 4) is 11.3 Å². The van der Waals surface area contributed by atoms with Crippen molar-refractivity contribution in [2.24, 2.45) is 17.8 Å². The number of nitrogens with one attached hydrogen (secondary N) is 1. The molecule has 0 unspecified atom stereocenters. The molecule has 0 spiro atoms. The fraction of sp³-hybridized carbons (Fsp3) is 0.615. The summed E-state index contributed by atoms with van der Waals surface area (Å²) in [5.41, 5.74) is 1.19. The van der Waals surface area contributed by atoms with Gasteiger partial charge in [-0.3, -0.25) is 0 Å². The van der Waals surface area contributed by atoms with Crippen molar-refractivity contribution in [1.82, 2.24) is 15.1 Å². The highest BCUT2D eigenvalue weighted by Gasteiger charge is 2.43. The third-order valence-corrected chi connectivity index (χ3v) is 7.80. The zero-order chi connectivity index (χ0) is 23.7. The van der Waals surface area contributed by atoms with Gasteiger partial charge in [-0.05, 0) is 61.5 Å². The predicted octanol–water partition coefficient (Wildman–Crippen LogP) is 5.27. The number of alkyl halides is 3. The van der Waals surface area contributed by atoms with Crippen LogP contribution in [0.4, 0.5) is 19.0 Å². The van der Waals surface area contributed by atoms with E-state index in [2.05, 4.69) is 20.4 Å². The Bertz CT molecular complexity index is 978. The molecule has 1 aliphatic carbocycles. The third-order valence-electron chi connectivity index (χ3n) is 7.80. The molecule has 1 N–H and O–H groups in total. The molecule has 0 bridgehead atoms.